The third-order valence-electron chi connectivity index (χ3n) is 3.06. The molecule has 0 N–H and O–H groups in total. The number of aromatic nitrogens is 1. The average Bonchev–Trinajstić information content (AvgIpc) is 2.45. The molecule has 5 heteroatoms. The maximum atomic E-state index is 12.0. The van der Waals surface area contributed by atoms with Crippen molar-refractivity contribution in [2.24, 2.45) is 0 Å². The Morgan fingerprint density at radius 2 is 2.00 bits per heavy atom. The Bertz CT molecular complexity index is 722. The zero-order chi connectivity index (χ0) is 15.4. The van der Waals surface area contributed by atoms with Crippen LogP contribution in [0.15, 0.2) is 41.5 Å². The van der Waals surface area contributed by atoms with Gasteiger partial charge < -0.3 is 9.30 Å². The normalized spacial score (nSPS) is 10.4. The van der Waals surface area contributed by atoms with E-state index in [0.29, 0.717) is 12.1 Å². The summed E-state index contributed by atoms with van der Waals surface area (Å²) in [6, 6.07) is 8.00. The predicted octanol–water partition coefficient (Wildman–Crippen LogP) is 2.99. The zero-order valence-corrected chi connectivity index (χ0v) is 14.1. The first kappa shape index (κ1) is 15.8. The lowest BCUT2D eigenvalue weighted by atomic mass is 10.2. The van der Waals surface area contributed by atoms with Crippen molar-refractivity contribution in [1.29, 1.82) is 0 Å². The molecule has 0 unspecified atom stereocenters. The van der Waals surface area contributed by atoms with Crippen LogP contribution in [0.5, 0.6) is 0 Å². The fourth-order valence-corrected chi connectivity index (χ4v) is 2.61. The van der Waals surface area contributed by atoms with E-state index in [1.54, 1.807) is 26.2 Å². The van der Waals surface area contributed by atoms with Gasteiger partial charge in [-0.1, -0.05) is 18.2 Å². The van der Waals surface area contributed by atoms with Crippen molar-refractivity contribution in [3.8, 4) is 0 Å². The van der Waals surface area contributed by atoms with Gasteiger partial charge >= 0.3 is 5.97 Å². The van der Waals surface area contributed by atoms with Crippen LogP contribution in [0.1, 0.15) is 28.4 Å². The van der Waals surface area contributed by atoms with Crippen molar-refractivity contribution < 1.29 is 9.53 Å². The van der Waals surface area contributed by atoms with Crippen LogP contribution in [0.2, 0.25) is 0 Å². The highest BCUT2D eigenvalue weighted by Crippen LogP contribution is 2.13. The Balaban J connectivity index is 2.40. The Labute approximate surface area is 136 Å². The number of esters is 1. The molecule has 0 saturated carbocycles. The van der Waals surface area contributed by atoms with Crippen molar-refractivity contribution >= 4 is 28.6 Å². The highest BCUT2D eigenvalue weighted by molar-refractivity contribution is 14.1. The Morgan fingerprint density at radius 3 is 2.67 bits per heavy atom. The average molecular weight is 397 g/mol. The zero-order valence-electron chi connectivity index (χ0n) is 11.9. The van der Waals surface area contributed by atoms with E-state index in [1.807, 2.05) is 28.8 Å². The van der Waals surface area contributed by atoms with Crippen LogP contribution >= 0.6 is 22.6 Å². The topological polar surface area (TPSA) is 48.3 Å². The van der Waals surface area contributed by atoms with Gasteiger partial charge in [0.25, 0.3) is 0 Å². The predicted molar refractivity (Wildman–Crippen MR) is 89.7 cm³/mol. The van der Waals surface area contributed by atoms with E-state index in [9.17, 15) is 9.59 Å². The van der Waals surface area contributed by atoms with Gasteiger partial charge in [0.2, 0.25) is 0 Å². The lowest BCUT2D eigenvalue weighted by molar-refractivity contribution is 0.0523. The molecule has 0 spiro atoms. The quantitative estimate of drug-likeness (QED) is 0.589. The summed E-state index contributed by atoms with van der Waals surface area (Å²) in [5.74, 6) is -0.567. The van der Waals surface area contributed by atoms with Crippen LogP contribution < -0.4 is 5.43 Å². The molecule has 0 saturated heterocycles. The summed E-state index contributed by atoms with van der Waals surface area (Å²) in [5, 5.41) is 0. The molecular weight excluding hydrogens is 381 g/mol. The maximum absolute atomic E-state index is 12.0. The van der Waals surface area contributed by atoms with Gasteiger partial charge in [-0.25, -0.2) is 4.79 Å². The number of rotatable bonds is 4. The van der Waals surface area contributed by atoms with Crippen LogP contribution in [0.25, 0.3) is 0 Å². The van der Waals surface area contributed by atoms with Gasteiger partial charge in [0.1, 0.15) is 5.56 Å². The maximum Gasteiger partial charge on any atom is 0.343 e. The molecule has 0 bridgehead atoms. The van der Waals surface area contributed by atoms with E-state index in [1.165, 1.54) is 0 Å². The van der Waals surface area contributed by atoms with E-state index >= 15 is 0 Å². The van der Waals surface area contributed by atoms with Crippen LogP contribution in [0.3, 0.4) is 0 Å². The minimum atomic E-state index is -0.567. The fourth-order valence-electron chi connectivity index (χ4n) is 2.05. The molecule has 0 atom stereocenters. The number of hydrogen-bond acceptors (Lipinski definition) is 3. The van der Waals surface area contributed by atoms with Crippen LogP contribution in [-0.4, -0.2) is 17.1 Å². The Morgan fingerprint density at radius 1 is 1.29 bits per heavy atom. The van der Waals surface area contributed by atoms with Crippen molar-refractivity contribution in [3.05, 3.63) is 67.1 Å². The molecule has 0 aliphatic carbocycles. The summed E-state index contributed by atoms with van der Waals surface area (Å²) in [4.78, 5) is 23.9. The van der Waals surface area contributed by atoms with Crippen molar-refractivity contribution in [2.75, 3.05) is 6.61 Å². The summed E-state index contributed by atoms with van der Waals surface area (Å²) in [6.45, 7) is 4.28. The van der Waals surface area contributed by atoms with E-state index in [2.05, 4.69) is 22.6 Å². The highest BCUT2D eigenvalue weighted by Gasteiger charge is 2.14. The lowest BCUT2D eigenvalue weighted by Crippen LogP contribution is -2.22. The molecule has 0 amide bonds. The number of carbonyl (C=O) groups excluding carboxylic acids is 1. The molecule has 0 aliphatic rings. The van der Waals surface area contributed by atoms with Crippen molar-refractivity contribution in [2.45, 2.75) is 20.4 Å². The van der Waals surface area contributed by atoms with Crippen LogP contribution in [0.4, 0.5) is 0 Å². The van der Waals surface area contributed by atoms with Gasteiger partial charge in [0.05, 0.1) is 6.61 Å². The molecule has 0 fully saturated rings. The van der Waals surface area contributed by atoms with E-state index < -0.39 is 5.97 Å². The molecule has 0 radical (unpaired) electrons. The first-order valence-electron chi connectivity index (χ1n) is 6.64. The number of aryl methyl sites for hydroxylation is 1. The molecule has 110 valence electrons. The Hall–Kier alpha value is -1.63. The fraction of sp³-hybridized carbons (Fsp3) is 0.250. The molecule has 1 aromatic heterocycles. The lowest BCUT2D eigenvalue weighted by Gasteiger charge is -2.11. The van der Waals surface area contributed by atoms with E-state index in [0.717, 1.165) is 9.13 Å². The smallest absolute Gasteiger partial charge is 0.343 e. The van der Waals surface area contributed by atoms with Gasteiger partial charge in [0, 0.05) is 28.1 Å². The molecule has 1 heterocycles. The van der Waals surface area contributed by atoms with Crippen LogP contribution in [0, 0.1) is 10.5 Å². The number of pyridine rings is 1. The van der Waals surface area contributed by atoms with Gasteiger partial charge in [-0.2, -0.15) is 0 Å². The molecule has 2 rings (SSSR count). The number of ether oxygens (including phenoxy) is 1. The second-order valence-electron chi connectivity index (χ2n) is 4.67. The summed E-state index contributed by atoms with van der Waals surface area (Å²) in [5.41, 5.74) is 1.48. The third-order valence-corrected chi connectivity index (χ3v) is 4.12. The van der Waals surface area contributed by atoms with Gasteiger partial charge in [-0.15, -0.1) is 0 Å². The third kappa shape index (κ3) is 3.72. The largest absolute Gasteiger partial charge is 0.462 e. The first-order valence-corrected chi connectivity index (χ1v) is 7.72. The monoisotopic (exact) mass is 397 g/mol. The SMILES string of the molecule is CCOC(=O)c1cn(Cc2ccccc2I)cc(C)c1=O. The number of carbonyl (C=O) groups is 1. The highest BCUT2D eigenvalue weighted by atomic mass is 127. The number of benzene rings is 1. The molecule has 4 nitrogen and oxygen atoms in total. The molecular formula is C16H16INO3. The Kier molecular flexibility index (Phi) is 5.17. The number of hydrogen-bond donors (Lipinski definition) is 0. The van der Waals surface area contributed by atoms with Gasteiger partial charge in [-0.3, -0.25) is 4.79 Å². The van der Waals surface area contributed by atoms with E-state index in [4.69, 9.17) is 4.74 Å². The number of halogens is 1. The molecule has 2 aromatic rings. The standard InChI is InChI=1S/C16H16INO3/c1-3-21-16(20)13-10-18(8-11(2)15(13)19)9-12-6-4-5-7-14(12)17/h4-8,10H,3,9H2,1-2H3. The summed E-state index contributed by atoms with van der Waals surface area (Å²) in [6.07, 6.45) is 3.32. The summed E-state index contributed by atoms with van der Waals surface area (Å²) >= 11 is 2.27. The first-order chi connectivity index (χ1) is 10.0. The van der Waals surface area contributed by atoms with E-state index in [-0.39, 0.29) is 17.6 Å². The number of nitrogens with zero attached hydrogens (tertiary/aromatic N) is 1. The second-order valence-corrected chi connectivity index (χ2v) is 5.83. The second kappa shape index (κ2) is 6.89. The van der Waals surface area contributed by atoms with Gasteiger partial charge in [-0.05, 0) is 48.1 Å². The molecule has 0 aliphatic heterocycles. The van der Waals surface area contributed by atoms with Gasteiger partial charge in [0.15, 0.2) is 5.43 Å². The minimum Gasteiger partial charge on any atom is -0.462 e. The minimum absolute atomic E-state index is 0.0859. The molecule has 21 heavy (non-hydrogen) atoms. The molecule has 1 aromatic carbocycles. The van der Waals surface area contributed by atoms with Crippen molar-refractivity contribution in [1.82, 2.24) is 4.57 Å². The summed E-state index contributed by atoms with van der Waals surface area (Å²) < 4.78 is 7.93. The summed E-state index contributed by atoms with van der Waals surface area (Å²) in [7, 11) is 0. The van der Waals surface area contributed by atoms with Crippen molar-refractivity contribution in [3.63, 3.8) is 0 Å². The van der Waals surface area contributed by atoms with Crippen LogP contribution in [-0.2, 0) is 11.3 Å².